The quantitative estimate of drug-likeness (QED) is 0.846. The molecule has 1 fully saturated rings. The molecule has 6 heteroatoms. The van der Waals surface area contributed by atoms with Crippen molar-refractivity contribution in [2.75, 3.05) is 19.6 Å². The zero-order valence-electron chi connectivity index (χ0n) is 12.6. The molecule has 0 unspecified atom stereocenters. The number of hydrogen-bond donors (Lipinski definition) is 1. The number of amides is 1. The van der Waals surface area contributed by atoms with Crippen LogP contribution in [0.4, 0.5) is 0 Å². The van der Waals surface area contributed by atoms with E-state index in [0.717, 1.165) is 5.56 Å². The van der Waals surface area contributed by atoms with Crippen molar-refractivity contribution in [3.05, 3.63) is 29.8 Å². The van der Waals surface area contributed by atoms with Crippen LogP contribution in [0.3, 0.4) is 0 Å². The molecule has 0 spiro atoms. The first-order valence-electron chi connectivity index (χ1n) is 7.23. The van der Waals surface area contributed by atoms with Crippen LogP contribution >= 0.6 is 0 Å². The van der Waals surface area contributed by atoms with Crippen molar-refractivity contribution in [1.82, 2.24) is 9.62 Å². The second-order valence-corrected chi connectivity index (χ2v) is 7.35. The topological polar surface area (TPSA) is 66.5 Å². The zero-order valence-corrected chi connectivity index (χ0v) is 13.4. The van der Waals surface area contributed by atoms with Crippen molar-refractivity contribution >= 4 is 15.9 Å². The van der Waals surface area contributed by atoms with Crippen molar-refractivity contribution in [3.8, 4) is 12.3 Å². The lowest BCUT2D eigenvalue weighted by molar-refractivity contribution is -0.125. The lowest BCUT2D eigenvalue weighted by atomic mass is 9.97. The second kappa shape index (κ2) is 6.95. The third kappa shape index (κ3) is 3.67. The normalized spacial score (nSPS) is 16.9. The molecule has 1 heterocycles. The Hall–Kier alpha value is -1.84. The van der Waals surface area contributed by atoms with Gasteiger partial charge in [-0.3, -0.25) is 4.79 Å². The fraction of sp³-hybridized carbons (Fsp3) is 0.438. The van der Waals surface area contributed by atoms with Gasteiger partial charge in [-0.15, -0.1) is 6.42 Å². The van der Waals surface area contributed by atoms with Gasteiger partial charge in [0.2, 0.25) is 15.9 Å². The van der Waals surface area contributed by atoms with Gasteiger partial charge in [-0.25, -0.2) is 8.42 Å². The minimum atomic E-state index is -3.48. The lowest BCUT2D eigenvalue weighted by Gasteiger charge is -2.30. The third-order valence-electron chi connectivity index (χ3n) is 3.85. The maximum atomic E-state index is 12.5. The van der Waals surface area contributed by atoms with E-state index in [9.17, 15) is 13.2 Å². The minimum Gasteiger partial charge on any atom is -0.345 e. The number of benzene rings is 1. The summed E-state index contributed by atoms with van der Waals surface area (Å²) in [5.74, 6) is 2.10. The Morgan fingerprint density at radius 2 is 1.91 bits per heavy atom. The van der Waals surface area contributed by atoms with Gasteiger partial charge in [-0.05, 0) is 31.9 Å². The Morgan fingerprint density at radius 3 is 2.45 bits per heavy atom. The molecule has 22 heavy (non-hydrogen) atoms. The smallest absolute Gasteiger partial charge is 0.243 e. The number of carbonyl (C=O) groups excluding carboxylic acids is 1. The molecule has 0 atom stereocenters. The number of rotatable bonds is 4. The maximum Gasteiger partial charge on any atom is 0.243 e. The highest BCUT2D eigenvalue weighted by Crippen LogP contribution is 2.24. The standard InChI is InChI=1S/C16H20N2O3S/c1-3-10-17-16(19)14-8-11-18(12-9-14)22(20,21)15-6-4-13(2)5-7-15/h1,4-7,14H,8-12H2,2H3,(H,17,19). The lowest BCUT2D eigenvalue weighted by Crippen LogP contribution is -2.43. The van der Waals surface area contributed by atoms with Crippen LogP contribution in [-0.4, -0.2) is 38.3 Å². The molecule has 0 aliphatic carbocycles. The van der Waals surface area contributed by atoms with Crippen molar-refractivity contribution in [3.63, 3.8) is 0 Å². The molecule has 0 saturated carbocycles. The summed E-state index contributed by atoms with van der Waals surface area (Å²) in [5.41, 5.74) is 1.02. The summed E-state index contributed by atoms with van der Waals surface area (Å²) >= 11 is 0. The molecule has 2 rings (SSSR count). The Bertz CT molecular complexity index is 666. The van der Waals surface area contributed by atoms with Gasteiger partial charge < -0.3 is 5.32 Å². The fourth-order valence-electron chi connectivity index (χ4n) is 2.50. The molecule has 1 aromatic carbocycles. The molecule has 0 radical (unpaired) electrons. The fourth-order valence-corrected chi connectivity index (χ4v) is 3.97. The van der Waals surface area contributed by atoms with E-state index >= 15 is 0 Å². The average Bonchev–Trinajstić information content (AvgIpc) is 2.53. The molecule has 1 N–H and O–H groups in total. The Balaban J connectivity index is 2.00. The van der Waals surface area contributed by atoms with Crippen molar-refractivity contribution in [1.29, 1.82) is 0 Å². The maximum absolute atomic E-state index is 12.5. The highest BCUT2D eigenvalue weighted by molar-refractivity contribution is 7.89. The minimum absolute atomic E-state index is 0.0923. The second-order valence-electron chi connectivity index (χ2n) is 5.41. The van der Waals surface area contributed by atoms with Crippen LogP contribution in [0.2, 0.25) is 0 Å². The summed E-state index contributed by atoms with van der Waals surface area (Å²) < 4.78 is 26.5. The van der Waals surface area contributed by atoms with E-state index in [4.69, 9.17) is 6.42 Å². The predicted octanol–water partition coefficient (Wildman–Crippen LogP) is 1.15. The van der Waals surface area contributed by atoms with Crippen molar-refractivity contribution in [2.24, 2.45) is 5.92 Å². The number of carbonyl (C=O) groups is 1. The third-order valence-corrected chi connectivity index (χ3v) is 5.76. The van der Waals surface area contributed by atoms with Crippen molar-refractivity contribution < 1.29 is 13.2 Å². The van der Waals surface area contributed by atoms with E-state index in [0.29, 0.717) is 30.8 Å². The number of aryl methyl sites for hydroxylation is 1. The molecule has 118 valence electrons. The highest BCUT2D eigenvalue weighted by atomic mass is 32.2. The summed E-state index contributed by atoms with van der Waals surface area (Å²) in [6.45, 7) is 2.83. The molecule has 1 aliphatic rings. The monoisotopic (exact) mass is 320 g/mol. The Labute approximate surface area is 131 Å². The van der Waals surface area contributed by atoms with Gasteiger partial charge in [0.15, 0.2) is 0 Å². The molecule has 5 nitrogen and oxygen atoms in total. The van der Waals surface area contributed by atoms with Gasteiger partial charge in [-0.1, -0.05) is 23.6 Å². The van der Waals surface area contributed by atoms with Crippen LogP contribution < -0.4 is 5.32 Å². The molecule has 0 aromatic heterocycles. The van der Waals surface area contributed by atoms with Crippen LogP contribution in [0.25, 0.3) is 0 Å². The van der Waals surface area contributed by atoms with Crippen LogP contribution in [0.5, 0.6) is 0 Å². The van der Waals surface area contributed by atoms with E-state index in [1.54, 1.807) is 24.3 Å². The molecule has 0 bridgehead atoms. The van der Waals surface area contributed by atoms with Gasteiger partial charge in [0, 0.05) is 19.0 Å². The molecule has 1 amide bonds. The average molecular weight is 320 g/mol. The van der Waals surface area contributed by atoms with Crippen molar-refractivity contribution in [2.45, 2.75) is 24.7 Å². The van der Waals surface area contributed by atoms with E-state index in [2.05, 4.69) is 11.2 Å². The Morgan fingerprint density at radius 1 is 1.32 bits per heavy atom. The first kappa shape index (κ1) is 16.5. The summed E-state index contributed by atoms with van der Waals surface area (Å²) in [7, 11) is -3.48. The number of nitrogens with zero attached hydrogens (tertiary/aromatic N) is 1. The van der Waals surface area contributed by atoms with Gasteiger partial charge in [0.25, 0.3) is 0 Å². The summed E-state index contributed by atoms with van der Waals surface area (Å²) in [5, 5.41) is 2.65. The Kier molecular flexibility index (Phi) is 5.22. The van der Waals surface area contributed by atoms with E-state index in [1.807, 2.05) is 6.92 Å². The van der Waals surface area contributed by atoms with Gasteiger partial charge in [0.1, 0.15) is 0 Å². The SMILES string of the molecule is C#CCNC(=O)C1CCN(S(=O)(=O)c2ccc(C)cc2)CC1. The number of terminal acetylenes is 1. The van der Waals surface area contributed by atoms with E-state index in [-0.39, 0.29) is 18.4 Å². The summed E-state index contributed by atoms with van der Waals surface area (Å²) in [6, 6.07) is 6.81. The molecular weight excluding hydrogens is 300 g/mol. The molecule has 1 saturated heterocycles. The number of nitrogens with one attached hydrogen (secondary N) is 1. The van der Waals surface area contributed by atoms with Crippen LogP contribution in [-0.2, 0) is 14.8 Å². The van der Waals surface area contributed by atoms with E-state index in [1.165, 1.54) is 4.31 Å². The predicted molar refractivity (Wildman–Crippen MR) is 84.5 cm³/mol. The van der Waals surface area contributed by atoms with Crippen LogP contribution in [0, 0.1) is 25.2 Å². The molecule has 1 aromatic rings. The van der Waals surface area contributed by atoms with Gasteiger partial charge in [0.05, 0.1) is 11.4 Å². The number of sulfonamides is 1. The van der Waals surface area contributed by atoms with Gasteiger partial charge in [-0.2, -0.15) is 4.31 Å². The van der Waals surface area contributed by atoms with Crippen LogP contribution in [0.15, 0.2) is 29.2 Å². The number of piperidine rings is 1. The zero-order chi connectivity index (χ0) is 16.2. The van der Waals surface area contributed by atoms with E-state index < -0.39 is 10.0 Å². The van der Waals surface area contributed by atoms with Gasteiger partial charge >= 0.3 is 0 Å². The van der Waals surface area contributed by atoms with Crippen LogP contribution in [0.1, 0.15) is 18.4 Å². The largest absolute Gasteiger partial charge is 0.345 e. The highest BCUT2D eigenvalue weighted by Gasteiger charge is 2.31. The summed E-state index contributed by atoms with van der Waals surface area (Å²) in [6.07, 6.45) is 6.14. The first-order chi connectivity index (χ1) is 10.4. The molecule has 1 aliphatic heterocycles. The first-order valence-corrected chi connectivity index (χ1v) is 8.67. The molecular formula is C16H20N2O3S. The number of hydrogen-bond acceptors (Lipinski definition) is 3. The summed E-state index contributed by atoms with van der Waals surface area (Å²) in [4.78, 5) is 12.1.